The molecule has 0 spiro atoms. The SMILES string of the molecule is O=C1NCCOc2cc(-c3[nH]nc4ncc(-c5ccc6c(c5)CCNCC6)cc34)ccc21. The van der Waals surface area contributed by atoms with Gasteiger partial charge in [-0.2, -0.15) is 5.10 Å². The summed E-state index contributed by atoms with van der Waals surface area (Å²) in [5.74, 6) is 0.476. The normalized spacial score (nSPS) is 15.8. The average molecular weight is 425 g/mol. The number of hydrogen-bond acceptors (Lipinski definition) is 5. The van der Waals surface area contributed by atoms with E-state index < -0.39 is 0 Å². The van der Waals surface area contributed by atoms with Crippen LogP contribution in [0.1, 0.15) is 21.5 Å². The summed E-state index contributed by atoms with van der Waals surface area (Å²) in [6.45, 7) is 2.99. The maximum absolute atomic E-state index is 12.2. The van der Waals surface area contributed by atoms with Crippen molar-refractivity contribution in [1.82, 2.24) is 25.8 Å². The number of pyridine rings is 1. The molecule has 4 heterocycles. The van der Waals surface area contributed by atoms with Gasteiger partial charge < -0.3 is 15.4 Å². The summed E-state index contributed by atoms with van der Waals surface area (Å²) in [6.07, 6.45) is 3.99. The van der Waals surface area contributed by atoms with E-state index in [9.17, 15) is 4.79 Å². The summed E-state index contributed by atoms with van der Waals surface area (Å²) in [5, 5.41) is 14.8. The van der Waals surface area contributed by atoms with E-state index in [-0.39, 0.29) is 5.91 Å². The van der Waals surface area contributed by atoms with Crippen molar-refractivity contribution < 1.29 is 9.53 Å². The van der Waals surface area contributed by atoms with Gasteiger partial charge in [0.2, 0.25) is 0 Å². The first-order valence-corrected chi connectivity index (χ1v) is 11.0. The van der Waals surface area contributed by atoms with E-state index in [4.69, 9.17) is 4.74 Å². The zero-order chi connectivity index (χ0) is 21.5. The molecule has 160 valence electrons. The van der Waals surface area contributed by atoms with E-state index >= 15 is 0 Å². The molecule has 4 aromatic rings. The van der Waals surface area contributed by atoms with Crippen LogP contribution in [0, 0.1) is 0 Å². The molecule has 0 saturated carbocycles. The number of benzene rings is 2. The molecule has 0 fully saturated rings. The van der Waals surface area contributed by atoms with E-state index in [0.29, 0.717) is 30.1 Å². The van der Waals surface area contributed by atoms with Gasteiger partial charge in [0.05, 0.1) is 17.8 Å². The molecule has 0 saturated heterocycles. The second kappa shape index (κ2) is 7.76. The predicted molar refractivity (Wildman–Crippen MR) is 123 cm³/mol. The van der Waals surface area contributed by atoms with Crippen LogP contribution in [0.2, 0.25) is 0 Å². The van der Waals surface area contributed by atoms with Crippen molar-refractivity contribution in [2.75, 3.05) is 26.2 Å². The average Bonchev–Trinajstić information content (AvgIpc) is 2.97. The van der Waals surface area contributed by atoms with Gasteiger partial charge in [-0.15, -0.1) is 0 Å². The van der Waals surface area contributed by atoms with Gasteiger partial charge in [-0.3, -0.25) is 9.89 Å². The number of rotatable bonds is 2. The van der Waals surface area contributed by atoms with E-state index in [2.05, 4.69) is 50.1 Å². The van der Waals surface area contributed by atoms with Crippen molar-refractivity contribution in [2.24, 2.45) is 0 Å². The smallest absolute Gasteiger partial charge is 0.255 e. The molecule has 2 aromatic carbocycles. The highest BCUT2D eigenvalue weighted by Crippen LogP contribution is 2.33. The minimum atomic E-state index is -0.110. The number of hydrogen-bond donors (Lipinski definition) is 3. The number of aromatic nitrogens is 3. The van der Waals surface area contributed by atoms with Crippen LogP contribution >= 0.6 is 0 Å². The Balaban J connectivity index is 1.42. The first-order valence-electron chi connectivity index (χ1n) is 11.0. The number of nitrogens with zero attached hydrogens (tertiary/aromatic N) is 2. The predicted octanol–water partition coefficient (Wildman–Crippen LogP) is 3.10. The minimum Gasteiger partial charge on any atom is -0.491 e. The number of amides is 1. The number of carbonyl (C=O) groups is 1. The van der Waals surface area contributed by atoms with Gasteiger partial charge in [-0.25, -0.2) is 4.98 Å². The Morgan fingerprint density at radius 3 is 2.69 bits per heavy atom. The van der Waals surface area contributed by atoms with Crippen molar-refractivity contribution >= 4 is 16.9 Å². The van der Waals surface area contributed by atoms with Gasteiger partial charge in [0.25, 0.3) is 5.91 Å². The number of nitrogens with one attached hydrogen (secondary N) is 3. The monoisotopic (exact) mass is 425 g/mol. The number of H-pyrrole nitrogens is 1. The van der Waals surface area contributed by atoms with Crippen LogP contribution in [0.5, 0.6) is 5.75 Å². The summed E-state index contributed by atoms with van der Waals surface area (Å²) in [4.78, 5) is 16.8. The molecule has 2 aliphatic rings. The molecular formula is C25H23N5O2. The van der Waals surface area contributed by atoms with Gasteiger partial charge in [0.1, 0.15) is 12.4 Å². The molecule has 1 amide bonds. The van der Waals surface area contributed by atoms with Gasteiger partial charge in [-0.1, -0.05) is 24.3 Å². The molecule has 0 radical (unpaired) electrons. The van der Waals surface area contributed by atoms with Crippen LogP contribution in [0.15, 0.2) is 48.7 Å². The summed E-state index contributed by atoms with van der Waals surface area (Å²) in [7, 11) is 0. The molecule has 0 atom stereocenters. The maximum atomic E-state index is 12.2. The zero-order valence-electron chi connectivity index (χ0n) is 17.6. The van der Waals surface area contributed by atoms with Crippen molar-refractivity contribution in [2.45, 2.75) is 12.8 Å². The molecule has 2 aliphatic heterocycles. The van der Waals surface area contributed by atoms with Crippen LogP contribution in [-0.4, -0.2) is 47.3 Å². The largest absolute Gasteiger partial charge is 0.491 e. The second-order valence-corrected chi connectivity index (χ2v) is 8.24. The lowest BCUT2D eigenvalue weighted by Crippen LogP contribution is -2.24. The lowest BCUT2D eigenvalue weighted by Gasteiger charge is -2.09. The Bertz CT molecular complexity index is 1340. The lowest BCUT2D eigenvalue weighted by molar-refractivity contribution is 0.0957. The molecular weight excluding hydrogens is 402 g/mol. The van der Waals surface area contributed by atoms with E-state index in [1.807, 2.05) is 18.3 Å². The maximum Gasteiger partial charge on any atom is 0.255 e. The third-order valence-electron chi connectivity index (χ3n) is 6.25. The fourth-order valence-corrected chi connectivity index (χ4v) is 4.54. The number of carbonyl (C=O) groups excluding carboxylic acids is 1. The molecule has 6 rings (SSSR count). The molecule has 7 nitrogen and oxygen atoms in total. The fraction of sp³-hybridized carbons (Fsp3) is 0.240. The number of fused-ring (bicyclic) bond motifs is 3. The topological polar surface area (TPSA) is 91.9 Å². The van der Waals surface area contributed by atoms with E-state index in [0.717, 1.165) is 53.7 Å². The quantitative estimate of drug-likeness (QED) is 0.459. The Kier molecular flexibility index (Phi) is 4.61. The Morgan fingerprint density at radius 2 is 1.75 bits per heavy atom. The number of aromatic amines is 1. The Hall–Kier alpha value is -3.71. The molecule has 0 bridgehead atoms. The highest BCUT2D eigenvalue weighted by atomic mass is 16.5. The van der Waals surface area contributed by atoms with Crippen molar-refractivity contribution in [1.29, 1.82) is 0 Å². The standard InChI is InChI=1S/C25H23N5O2/c31-25-20-4-3-18(13-22(20)32-10-9-27-25)23-21-12-19(14-28-24(21)30-29-23)16-2-1-15-5-7-26-8-6-17(15)11-16/h1-4,11-14,26H,5-10H2,(H,27,31)(H,28,29,30). The third-order valence-corrected chi connectivity index (χ3v) is 6.25. The summed E-state index contributed by atoms with van der Waals surface area (Å²) < 4.78 is 5.79. The molecule has 0 unspecified atom stereocenters. The molecule has 2 aromatic heterocycles. The molecule has 32 heavy (non-hydrogen) atoms. The van der Waals surface area contributed by atoms with Gasteiger partial charge in [0, 0.05) is 22.7 Å². The van der Waals surface area contributed by atoms with Gasteiger partial charge >= 0.3 is 0 Å². The number of ether oxygens (including phenoxy) is 1. The Labute approximate surface area is 185 Å². The van der Waals surface area contributed by atoms with Crippen molar-refractivity contribution in [3.05, 3.63) is 65.4 Å². The van der Waals surface area contributed by atoms with Crippen molar-refractivity contribution in [3.8, 4) is 28.1 Å². The third kappa shape index (κ3) is 3.31. The highest BCUT2D eigenvalue weighted by molar-refractivity contribution is 5.99. The summed E-state index contributed by atoms with van der Waals surface area (Å²) >= 11 is 0. The summed E-state index contributed by atoms with van der Waals surface area (Å²) in [5.41, 5.74) is 8.04. The second-order valence-electron chi connectivity index (χ2n) is 8.24. The minimum absolute atomic E-state index is 0.110. The molecule has 0 aliphatic carbocycles. The van der Waals surface area contributed by atoms with Crippen LogP contribution in [0.25, 0.3) is 33.4 Å². The van der Waals surface area contributed by atoms with E-state index in [1.165, 1.54) is 11.1 Å². The van der Waals surface area contributed by atoms with Crippen LogP contribution in [0.3, 0.4) is 0 Å². The zero-order valence-corrected chi connectivity index (χ0v) is 17.6. The first kappa shape index (κ1) is 19.0. The lowest BCUT2D eigenvalue weighted by atomic mass is 9.96. The highest BCUT2D eigenvalue weighted by Gasteiger charge is 2.19. The summed E-state index contributed by atoms with van der Waals surface area (Å²) in [6, 6.07) is 14.5. The van der Waals surface area contributed by atoms with E-state index in [1.54, 1.807) is 6.07 Å². The van der Waals surface area contributed by atoms with Crippen LogP contribution in [0.4, 0.5) is 0 Å². The van der Waals surface area contributed by atoms with Crippen LogP contribution < -0.4 is 15.4 Å². The fourth-order valence-electron chi connectivity index (χ4n) is 4.54. The van der Waals surface area contributed by atoms with Crippen LogP contribution in [-0.2, 0) is 12.8 Å². The van der Waals surface area contributed by atoms with Gasteiger partial charge in [-0.05, 0) is 60.8 Å². The first-order chi connectivity index (χ1) is 15.8. The van der Waals surface area contributed by atoms with Gasteiger partial charge in [0.15, 0.2) is 5.65 Å². The molecule has 3 N–H and O–H groups in total. The van der Waals surface area contributed by atoms with Crippen molar-refractivity contribution in [3.63, 3.8) is 0 Å². The molecule has 7 heteroatoms. The Morgan fingerprint density at radius 1 is 0.875 bits per heavy atom.